The number of carboxylic acids is 1. The standard InChI is InChI=1S/C8H12N2O3/c1-3-4-5-9-8(13)10-6(2)7(11)12/h6H,5H2,1-2H3,(H,11,12)(H2,9,10,13). The van der Waals surface area contributed by atoms with Gasteiger partial charge in [-0.1, -0.05) is 5.92 Å². The Labute approximate surface area is 76.5 Å². The van der Waals surface area contributed by atoms with Crippen molar-refractivity contribution in [2.75, 3.05) is 6.54 Å². The fourth-order valence-corrected chi connectivity index (χ4v) is 0.522. The monoisotopic (exact) mass is 184 g/mol. The number of urea groups is 1. The summed E-state index contributed by atoms with van der Waals surface area (Å²) in [7, 11) is 0. The number of carboxylic acid groups (broad SMARTS) is 1. The molecule has 0 heterocycles. The molecule has 5 nitrogen and oxygen atoms in total. The SMILES string of the molecule is CC#CCNC(=O)NC(C)C(=O)O. The van der Waals surface area contributed by atoms with Gasteiger partial charge in [-0.3, -0.25) is 4.79 Å². The molecule has 0 radical (unpaired) electrons. The molecular weight excluding hydrogens is 172 g/mol. The number of carbonyl (C=O) groups excluding carboxylic acids is 1. The molecule has 0 aliphatic carbocycles. The summed E-state index contributed by atoms with van der Waals surface area (Å²) in [4.78, 5) is 21.2. The summed E-state index contributed by atoms with van der Waals surface area (Å²) in [6.07, 6.45) is 0. The minimum atomic E-state index is -1.07. The van der Waals surface area contributed by atoms with Gasteiger partial charge >= 0.3 is 12.0 Å². The van der Waals surface area contributed by atoms with Crippen molar-refractivity contribution < 1.29 is 14.7 Å². The van der Waals surface area contributed by atoms with E-state index in [0.29, 0.717) is 0 Å². The lowest BCUT2D eigenvalue weighted by molar-refractivity contribution is -0.138. The Hall–Kier alpha value is -1.70. The van der Waals surface area contributed by atoms with Crippen molar-refractivity contribution in [1.29, 1.82) is 0 Å². The van der Waals surface area contributed by atoms with Crippen LogP contribution in [0.5, 0.6) is 0 Å². The Kier molecular flexibility index (Phi) is 5.12. The molecule has 0 aromatic carbocycles. The number of nitrogens with one attached hydrogen (secondary N) is 2. The van der Waals surface area contributed by atoms with E-state index in [0.717, 1.165) is 0 Å². The molecule has 0 aromatic heterocycles. The molecule has 1 atom stereocenters. The van der Waals surface area contributed by atoms with Crippen LogP contribution >= 0.6 is 0 Å². The van der Waals surface area contributed by atoms with E-state index in [2.05, 4.69) is 22.5 Å². The second-order valence-corrected chi connectivity index (χ2v) is 2.31. The van der Waals surface area contributed by atoms with Crippen LogP contribution in [0, 0.1) is 11.8 Å². The molecule has 2 amide bonds. The summed E-state index contributed by atoms with van der Waals surface area (Å²) in [6, 6.07) is -1.42. The maximum absolute atomic E-state index is 10.9. The number of carbonyl (C=O) groups is 2. The van der Waals surface area contributed by atoms with E-state index in [1.807, 2.05) is 0 Å². The second-order valence-electron chi connectivity index (χ2n) is 2.31. The highest BCUT2D eigenvalue weighted by Crippen LogP contribution is 1.79. The molecule has 1 unspecified atom stereocenters. The Balaban J connectivity index is 3.72. The van der Waals surface area contributed by atoms with Gasteiger partial charge < -0.3 is 15.7 Å². The summed E-state index contributed by atoms with van der Waals surface area (Å²) in [6.45, 7) is 3.25. The lowest BCUT2D eigenvalue weighted by atomic mass is 10.3. The normalized spacial score (nSPS) is 10.6. The molecule has 0 spiro atoms. The van der Waals surface area contributed by atoms with Crippen molar-refractivity contribution in [3.05, 3.63) is 0 Å². The van der Waals surface area contributed by atoms with Crippen LogP contribution in [0.2, 0.25) is 0 Å². The van der Waals surface area contributed by atoms with E-state index in [1.54, 1.807) is 6.92 Å². The van der Waals surface area contributed by atoms with Gasteiger partial charge in [-0.25, -0.2) is 4.79 Å². The highest BCUT2D eigenvalue weighted by molar-refractivity contribution is 5.82. The van der Waals surface area contributed by atoms with Crippen LogP contribution in [0.25, 0.3) is 0 Å². The molecule has 0 aliphatic rings. The van der Waals surface area contributed by atoms with Gasteiger partial charge in [0.1, 0.15) is 6.04 Å². The molecule has 0 rings (SSSR count). The molecule has 0 aliphatic heterocycles. The molecule has 0 bridgehead atoms. The van der Waals surface area contributed by atoms with Gasteiger partial charge in [-0.15, -0.1) is 5.92 Å². The molecule has 0 fully saturated rings. The fourth-order valence-electron chi connectivity index (χ4n) is 0.522. The van der Waals surface area contributed by atoms with Gasteiger partial charge in [0, 0.05) is 0 Å². The van der Waals surface area contributed by atoms with Crippen molar-refractivity contribution >= 4 is 12.0 Å². The number of hydrogen-bond donors (Lipinski definition) is 3. The van der Waals surface area contributed by atoms with Gasteiger partial charge in [0.15, 0.2) is 0 Å². The number of rotatable bonds is 3. The molecule has 0 aromatic rings. The number of hydrogen-bond acceptors (Lipinski definition) is 2. The van der Waals surface area contributed by atoms with Crippen molar-refractivity contribution in [2.45, 2.75) is 19.9 Å². The molecule has 13 heavy (non-hydrogen) atoms. The predicted molar refractivity (Wildman–Crippen MR) is 47.1 cm³/mol. The first-order chi connectivity index (χ1) is 6.07. The zero-order valence-electron chi connectivity index (χ0n) is 7.55. The van der Waals surface area contributed by atoms with E-state index >= 15 is 0 Å². The van der Waals surface area contributed by atoms with Crippen LogP contribution < -0.4 is 10.6 Å². The van der Waals surface area contributed by atoms with Crippen molar-refractivity contribution in [1.82, 2.24) is 10.6 Å². The summed E-state index contributed by atoms with van der Waals surface area (Å²) < 4.78 is 0. The lowest BCUT2D eigenvalue weighted by Gasteiger charge is -2.08. The van der Waals surface area contributed by atoms with Gasteiger partial charge in [-0.2, -0.15) is 0 Å². The van der Waals surface area contributed by atoms with E-state index < -0.39 is 18.0 Å². The van der Waals surface area contributed by atoms with Crippen LogP contribution in [0.15, 0.2) is 0 Å². The fraction of sp³-hybridized carbons (Fsp3) is 0.500. The highest BCUT2D eigenvalue weighted by Gasteiger charge is 2.12. The van der Waals surface area contributed by atoms with Gasteiger partial charge in [0.05, 0.1) is 6.54 Å². The Morgan fingerprint density at radius 2 is 2.15 bits per heavy atom. The maximum Gasteiger partial charge on any atom is 0.325 e. The number of aliphatic carboxylic acids is 1. The Morgan fingerprint density at radius 1 is 1.54 bits per heavy atom. The molecular formula is C8H12N2O3. The van der Waals surface area contributed by atoms with E-state index in [4.69, 9.17) is 5.11 Å². The third-order valence-corrected chi connectivity index (χ3v) is 1.23. The van der Waals surface area contributed by atoms with E-state index in [1.165, 1.54) is 6.92 Å². The minimum Gasteiger partial charge on any atom is -0.480 e. The smallest absolute Gasteiger partial charge is 0.325 e. The predicted octanol–water partition coefficient (Wildman–Crippen LogP) is -0.218. The average Bonchev–Trinajstić information content (AvgIpc) is 2.04. The zero-order valence-corrected chi connectivity index (χ0v) is 7.55. The van der Waals surface area contributed by atoms with E-state index in [-0.39, 0.29) is 6.54 Å². The largest absolute Gasteiger partial charge is 0.480 e. The van der Waals surface area contributed by atoms with Crippen molar-refractivity contribution in [3.63, 3.8) is 0 Å². The first-order valence-corrected chi connectivity index (χ1v) is 3.74. The molecule has 0 saturated carbocycles. The Morgan fingerprint density at radius 3 is 2.62 bits per heavy atom. The van der Waals surface area contributed by atoms with E-state index in [9.17, 15) is 9.59 Å². The van der Waals surface area contributed by atoms with Gasteiger partial charge in [0.25, 0.3) is 0 Å². The van der Waals surface area contributed by atoms with Gasteiger partial charge in [0.2, 0.25) is 0 Å². The third-order valence-electron chi connectivity index (χ3n) is 1.23. The van der Waals surface area contributed by atoms with Crippen LogP contribution in [0.1, 0.15) is 13.8 Å². The number of amides is 2. The lowest BCUT2D eigenvalue weighted by Crippen LogP contribution is -2.44. The summed E-state index contributed by atoms with van der Waals surface area (Å²) in [5.74, 6) is 4.13. The highest BCUT2D eigenvalue weighted by atomic mass is 16.4. The first kappa shape index (κ1) is 11.3. The summed E-state index contributed by atoms with van der Waals surface area (Å²) in [5.41, 5.74) is 0. The topological polar surface area (TPSA) is 78.4 Å². The molecule has 3 N–H and O–H groups in total. The summed E-state index contributed by atoms with van der Waals surface area (Å²) >= 11 is 0. The van der Waals surface area contributed by atoms with Crippen LogP contribution in [0.4, 0.5) is 4.79 Å². The molecule has 5 heteroatoms. The zero-order chi connectivity index (χ0) is 10.3. The second kappa shape index (κ2) is 5.89. The van der Waals surface area contributed by atoms with Crippen LogP contribution in [-0.4, -0.2) is 29.7 Å². The van der Waals surface area contributed by atoms with Crippen LogP contribution in [-0.2, 0) is 4.79 Å². The maximum atomic E-state index is 10.9. The quantitative estimate of drug-likeness (QED) is 0.531. The average molecular weight is 184 g/mol. The molecule has 0 saturated heterocycles. The first-order valence-electron chi connectivity index (χ1n) is 3.74. The Bertz CT molecular complexity index is 252. The summed E-state index contributed by atoms with van der Waals surface area (Å²) in [5, 5.41) is 13.0. The van der Waals surface area contributed by atoms with Crippen molar-refractivity contribution in [2.24, 2.45) is 0 Å². The minimum absolute atomic E-state index is 0.217. The van der Waals surface area contributed by atoms with Crippen LogP contribution in [0.3, 0.4) is 0 Å². The third kappa shape index (κ3) is 5.56. The van der Waals surface area contributed by atoms with Crippen molar-refractivity contribution in [3.8, 4) is 11.8 Å². The van der Waals surface area contributed by atoms with Gasteiger partial charge in [-0.05, 0) is 13.8 Å². The molecule has 72 valence electrons.